The smallest absolute Gasteiger partial charge is 0.258 e. The number of rotatable bonds is 6. The van der Waals surface area contributed by atoms with Crippen molar-refractivity contribution < 1.29 is 19.0 Å². The zero-order chi connectivity index (χ0) is 19.5. The van der Waals surface area contributed by atoms with Crippen LogP contribution in [0.15, 0.2) is 47.8 Å². The van der Waals surface area contributed by atoms with Crippen LogP contribution >= 0.6 is 11.3 Å². The van der Waals surface area contributed by atoms with Crippen LogP contribution in [-0.4, -0.2) is 24.3 Å². The summed E-state index contributed by atoms with van der Waals surface area (Å²) in [5.74, 6) is 1.88. The summed E-state index contributed by atoms with van der Waals surface area (Å²) in [4.78, 5) is 16.7. The highest BCUT2D eigenvalue weighted by atomic mass is 32.1. The third-order valence-corrected chi connectivity index (χ3v) is 5.37. The van der Waals surface area contributed by atoms with Gasteiger partial charge in [0, 0.05) is 16.6 Å². The van der Waals surface area contributed by atoms with Crippen molar-refractivity contribution in [1.29, 1.82) is 0 Å². The zero-order valence-corrected chi connectivity index (χ0v) is 16.4. The van der Waals surface area contributed by atoms with Crippen molar-refractivity contribution in [2.45, 2.75) is 19.9 Å². The number of hydrogen-bond donors (Lipinski definition) is 1. The van der Waals surface area contributed by atoms with E-state index in [0.29, 0.717) is 11.5 Å². The van der Waals surface area contributed by atoms with Gasteiger partial charge in [-0.25, -0.2) is 4.98 Å². The molecule has 28 heavy (non-hydrogen) atoms. The Labute approximate surface area is 167 Å². The third-order valence-electron chi connectivity index (χ3n) is 4.36. The Balaban J connectivity index is 1.30. The van der Waals surface area contributed by atoms with Gasteiger partial charge < -0.3 is 19.5 Å². The van der Waals surface area contributed by atoms with E-state index in [1.807, 2.05) is 61.7 Å². The number of aromatic nitrogens is 1. The molecule has 1 aliphatic rings. The highest BCUT2D eigenvalue weighted by molar-refractivity contribution is 7.13. The number of ether oxygens (including phenoxy) is 3. The predicted molar refractivity (Wildman–Crippen MR) is 107 cm³/mol. The lowest BCUT2D eigenvalue weighted by atomic mass is 10.1. The van der Waals surface area contributed by atoms with Gasteiger partial charge in [0.05, 0.1) is 6.04 Å². The monoisotopic (exact) mass is 396 g/mol. The number of amides is 1. The number of carbonyl (C=O) groups is 1. The molecule has 0 bridgehead atoms. The molecule has 1 aromatic heterocycles. The van der Waals surface area contributed by atoms with Crippen LogP contribution in [-0.2, 0) is 4.79 Å². The molecule has 0 saturated heterocycles. The van der Waals surface area contributed by atoms with Crippen LogP contribution < -0.4 is 19.5 Å². The van der Waals surface area contributed by atoms with Crippen molar-refractivity contribution in [3.63, 3.8) is 0 Å². The van der Waals surface area contributed by atoms with Crippen molar-refractivity contribution >= 4 is 17.2 Å². The van der Waals surface area contributed by atoms with Crippen molar-refractivity contribution in [3.8, 4) is 27.8 Å². The number of fused-ring (bicyclic) bond motifs is 1. The Hall–Kier alpha value is -3.06. The predicted octanol–water partition coefficient (Wildman–Crippen LogP) is 4.10. The molecule has 0 saturated carbocycles. The number of carbonyl (C=O) groups excluding carboxylic acids is 1. The Kier molecular flexibility index (Phi) is 5.16. The van der Waals surface area contributed by atoms with E-state index in [0.717, 1.165) is 27.6 Å². The summed E-state index contributed by atoms with van der Waals surface area (Å²) >= 11 is 1.61. The molecule has 2 heterocycles. The highest BCUT2D eigenvalue weighted by Gasteiger charge is 2.17. The van der Waals surface area contributed by atoms with E-state index in [4.69, 9.17) is 14.2 Å². The second-order valence-corrected chi connectivity index (χ2v) is 7.37. The van der Waals surface area contributed by atoms with Crippen LogP contribution in [0.4, 0.5) is 0 Å². The summed E-state index contributed by atoms with van der Waals surface area (Å²) in [7, 11) is 0. The first kappa shape index (κ1) is 18.3. The van der Waals surface area contributed by atoms with Gasteiger partial charge in [-0.15, -0.1) is 11.3 Å². The second kappa shape index (κ2) is 7.90. The van der Waals surface area contributed by atoms with Crippen LogP contribution in [0.3, 0.4) is 0 Å². The summed E-state index contributed by atoms with van der Waals surface area (Å²) < 4.78 is 16.3. The van der Waals surface area contributed by atoms with Gasteiger partial charge in [0.15, 0.2) is 18.1 Å². The summed E-state index contributed by atoms with van der Waals surface area (Å²) in [5, 5.41) is 5.92. The van der Waals surface area contributed by atoms with E-state index in [1.54, 1.807) is 11.3 Å². The van der Waals surface area contributed by atoms with Crippen LogP contribution in [0, 0.1) is 6.92 Å². The molecule has 0 radical (unpaired) electrons. The van der Waals surface area contributed by atoms with Crippen LogP contribution in [0.2, 0.25) is 0 Å². The second-order valence-electron chi connectivity index (χ2n) is 6.51. The fourth-order valence-corrected chi connectivity index (χ4v) is 3.68. The molecule has 0 fully saturated rings. The minimum Gasteiger partial charge on any atom is -0.484 e. The summed E-state index contributed by atoms with van der Waals surface area (Å²) in [6, 6.07) is 13.1. The van der Waals surface area contributed by atoms with Crippen molar-refractivity contribution in [1.82, 2.24) is 10.3 Å². The SMILES string of the molecule is Cc1csc(-c2ccc(OCC(=O)N[C@H](C)c3ccc4c(c3)OCO4)cc2)n1. The molecule has 1 atom stereocenters. The molecule has 0 aliphatic carbocycles. The maximum absolute atomic E-state index is 12.2. The molecule has 144 valence electrons. The van der Waals surface area contributed by atoms with Gasteiger partial charge in [0.25, 0.3) is 5.91 Å². The lowest BCUT2D eigenvalue weighted by Crippen LogP contribution is -2.31. The van der Waals surface area contributed by atoms with E-state index in [2.05, 4.69) is 10.3 Å². The largest absolute Gasteiger partial charge is 0.484 e. The molecule has 7 heteroatoms. The first-order valence-corrected chi connectivity index (χ1v) is 9.81. The molecule has 1 amide bonds. The van der Waals surface area contributed by atoms with E-state index >= 15 is 0 Å². The Morgan fingerprint density at radius 1 is 1.21 bits per heavy atom. The molecule has 4 rings (SSSR count). The fourth-order valence-electron chi connectivity index (χ4n) is 2.88. The molecule has 6 nitrogen and oxygen atoms in total. The lowest BCUT2D eigenvalue weighted by molar-refractivity contribution is -0.123. The summed E-state index contributed by atoms with van der Waals surface area (Å²) in [5.41, 5.74) is 2.99. The van der Waals surface area contributed by atoms with Crippen molar-refractivity contribution in [3.05, 3.63) is 59.1 Å². The topological polar surface area (TPSA) is 69.7 Å². The van der Waals surface area contributed by atoms with E-state index in [9.17, 15) is 4.79 Å². The first-order valence-electron chi connectivity index (χ1n) is 8.93. The molecule has 0 spiro atoms. The summed E-state index contributed by atoms with van der Waals surface area (Å²) in [6.45, 7) is 4.07. The molecule has 1 N–H and O–H groups in total. The van der Waals surface area contributed by atoms with E-state index in [-0.39, 0.29) is 25.3 Å². The third kappa shape index (κ3) is 4.09. The van der Waals surface area contributed by atoms with Gasteiger partial charge in [-0.1, -0.05) is 6.07 Å². The number of thiazole rings is 1. The van der Waals surface area contributed by atoms with Crippen LogP contribution in [0.1, 0.15) is 24.2 Å². The van der Waals surface area contributed by atoms with Gasteiger partial charge >= 0.3 is 0 Å². The molecule has 3 aromatic rings. The number of hydrogen-bond acceptors (Lipinski definition) is 6. The fraction of sp³-hybridized carbons (Fsp3) is 0.238. The Morgan fingerprint density at radius 3 is 2.75 bits per heavy atom. The maximum Gasteiger partial charge on any atom is 0.258 e. The summed E-state index contributed by atoms with van der Waals surface area (Å²) in [6.07, 6.45) is 0. The van der Waals surface area contributed by atoms with Crippen LogP contribution in [0.5, 0.6) is 17.2 Å². The minimum atomic E-state index is -0.190. The normalized spacial score (nSPS) is 13.2. The number of benzene rings is 2. The molecular formula is C21H20N2O4S. The number of nitrogens with zero attached hydrogens (tertiary/aromatic N) is 1. The average Bonchev–Trinajstić information content (AvgIpc) is 3.35. The minimum absolute atomic E-state index is 0.0510. The van der Waals surface area contributed by atoms with Gasteiger partial charge in [-0.2, -0.15) is 0 Å². The lowest BCUT2D eigenvalue weighted by Gasteiger charge is -2.15. The van der Waals surface area contributed by atoms with Crippen LogP contribution in [0.25, 0.3) is 10.6 Å². The Morgan fingerprint density at radius 2 is 2.00 bits per heavy atom. The molecule has 0 unspecified atom stereocenters. The van der Waals surface area contributed by atoms with Crippen molar-refractivity contribution in [2.24, 2.45) is 0 Å². The molecule has 1 aliphatic heterocycles. The Bertz CT molecular complexity index is 984. The molecular weight excluding hydrogens is 376 g/mol. The van der Waals surface area contributed by atoms with Gasteiger partial charge in [-0.05, 0) is 55.8 Å². The van der Waals surface area contributed by atoms with E-state index < -0.39 is 0 Å². The van der Waals surface area contributed by atoms with Gasteiger partial charge in [-0.3, -0.25) is 4.79 Å². The van der Waals surface area contributed by atoms with Gasteiger partial charge in [0.2, 0.25) is 6.79 Å². The first-order chi connectivity index (χ1) is 13.6. The zero-order valence-electron chi connectivity index (χ0n) is 15.6. The maximum atomic E-state index is 12.2. The standard InChI is InChI=1S/C21H20N2O4S/c1-13-11-28-21(22-13)15-3-6-17(7-4-15)25-10-20(24)23-14(2)16-5-8-18-19(9-16)27-12-26-18/h3-9,11,14H,10,12H2,1-2H3,(H,23,24)/t14-/m1/s1. The number of aryl methyl sites for hydroxylation is 1. The van der Waals surface area contributed by atoms with E-state index in [1.165, 1.54) is 0 Å². The quantitative estimate of drug-likeness (QED) is 0.679. The average molecular weight is 396 g/mol. The van der Waals surface area contributed by atoms with Crippen molar-refractivity contribution in [2.75, 3.05) is 13.4 Å². The number of nitrogens with one attached hydrogen (secondary N) is 1. The molecule has 2 aromatic carbocycles. The highest BCUT2D eigenvalue weighted by Crippen LogP contribution is 2.34. The van der Waals surface area contributed by atoms with Gasteiger partial charge in [0.1, 0.15) is 10.8 Å².